The minimum atomic E-state index is -0.420. The Hall–Kier alpha value is -0.940. The van der Waals surface area contributed by atoms with E-state index in [4.69, 9.17) is 9.47 Å². The van der Waals surface area contributed by atoms with Gasteiger partial charge in [-0.05, 0) is 39.2 Å². The summed E-state index contributed by atoms with van der Waals surface area (Å²) in [4.78, 5) is 2.30. The summed E-state index contributed by atoms with van der Waals surface area (Å²) in [5, 5.41) is 10.1. The van der Waals surface area contributed by atoms with Crippen LogP contribution in [0.15, 0.2) is 30.3 Å². The molecule has 1 aliphatic heterocycles. The number of hydrogen-bond acceptors (Lipinski definition) is 4. The van der Waals surface area contributed by atoms with E-state index in [0.717, 1.165) is 25.9 Å². The highest BCUT2D eigenvalue weighted by Crippen LogP contribution is 2.16. The number of β-amino-alcohol motifs (C(OH)–C–C–N with tert-alkyl or cyclic N) is 1. The van der Waals surface area contributed by atoms with Crippen molar-refractivity contribution < 1.29 is 14.6 Å². The van der Waals surface area contributed by atoms with Gasteiger partial charge in [0.25, 0.3) is 0 Å². The average Bonchev–Trinajstić information content (AvgIpc) is 2.53. The third-order valence-electron chi connectivity index (χ3n) is 4.04. The summed E-state index contributed by atoms with van der Waals surface area (Å²) in [6, 6.07) is 10.3. The molecule has 0 aromatic heterocycles. The van der Waals surface area contributed by atoms with Gasteiger partial charge in [0.05, 0.1) is 31.0 Å². The molecule has 1 heterocycles. The standard InChI is InChI=1S/C19H31NO3/c1-19(2,3)23-15-17(21)13-20-11-9-18(10-12-20)22-14-16-7-5-4-6-8-16/h4-8,17-18,21H,9-15H2,1-3H3. The molecular weight excluding hydrogens is 290 g/mol. The fourth-order valence-corrected chi connectivity index (χ4v) is 2.74. The topological polar surface area (TPSA) is 41.9 Å². The van der Waals surface area contributed by atoms with E-state index in [2.05, 4.69) is 17.0 Å². The van der Waals surface area contributed by atoms with Crippen LogP contribution >= 0.6 is 0 Å². The fraction of sp³-hybridized carbons (Fsp3) is 0.684. The first-order valence-corrected chi connectivity index (χ1v) is 8.62. The Balaban J connectivity index is 1.62. The van der Waals surface area contributed by atoms with Crippen LogP contribution in [0.5, 0.6) is 0 Å². The summed E-state index contributed by atoms with van der Waals surface area (Å²) in [6.45, 7) is 9.75. The predicted octanol–water partition coefficient (Wildman–Crippen LogP) is 2.84. The molecule has 4 heteroatoms. The number of ether oxygens (including phenoxy) is 2. The van der Waals surface area contributed by atoms with Gasteiger partial charge in [-0.2, -0.15) is 0 Å². The number of rotatable bonds is 7. The van der Waals surface area contributed by atoms with Gasteiger partial charge in [-0.15, -0.1) is 0 Å². The third kappa shape index (κ3) is 7.44. The van der Waals surface area contributed by atoms with Crippen molar-refractivity contribution in [3.05, 3.63) is 35.9 Å². The Morgan fingerprint density at radius 2 is 1.83 bits per heavy atom. The summed E-state index contributed by atoms with van der Waals surface area (Å²) in [5.41, 5.74) is 1.03. The smallest absolute Gasteiger partial charge is 0.0900 e. The van der Waals surface area contributed by atoms with Crippen LogP contribution in [0.4, 0.5) is 0 Å². The monoisotopic (exact) mass is 321 g/mol. The van der Waals surface area contributed by atoms with Crippen molar-refractivity contribution in [2.75, 3.05) is 26.2 Å². The van der Waals surface area contributed by atoms with Gasteiger partial charge in [0, 0.05) is 19.6 Å². The zero-order valence-corrected chi connectivity index (χ0v) is 14.7. The molecule has 1 aliphatic rings. The van der Waals surface area contributed by atoms with Crippen LogP contribution in [0.2, 0.25) is 0 Å². The SMILES string of the molecule is CC(C)(C)OCC(O)CN1CCC(OCc2ccccc2)CC1. The highest BCUT2D eigenvalue weighted by Gasteiger charge is 2.22. The summed E-state index contributed by atoms with van der Waals surface area (Å²) in [5.74, 6) is 0. The first-order chi connectivity index (χ1) is 10.9. The second-order valence-corrected chi connectivity index (χ2v) is 7.37. The number of nitrogens with zero attached hydrogens (tertiary/aromatic N) is 1. The molecule has 1 aromatic rings. The quantitative estimate of drug-likeness (QED) is 0.838. The minimum absolute atomic E-state index is 0.195. The summed E-state index contributed by atoms with van der Waals surface area (Å²) in [6.07, 6.45) is 1.96. The van der Waals surface area contributed by atoms with E-state index in [9.17, 15) is 5.11 Å². The number of benzene rings is 1. The summed E-state index contributed by atoms with van der Waals surface area (Å²) >= 11 is 0. The van der Waals surface area contributed by atoms with Gasteiger partial charge in [-0.1, -0.05) is 30.3 Å². The molecule has 4 nitrogen and oxygen atoms in total. The van der Waals surface area contributed by atoms with Gasteiger partial charge >= 0.3 is 0 Å². The number of aliphatic hydroxyl groups is 1. The van der Waals surface area contributed by atoms with Crippen molar-refractivity contribution in [1.82, 2.24) is 4.90 Å². The van der Waals surface area contributed by atoms with Gasteiger partial charge in [0.15, 0.2) is 0 Å². The van der Waals surface area contributed by atoms with Gasteiger partial charge in [-0.25, -0.2) is 0 Å². The number of aliphatic hydroxyl groups excluding tert-OH is 1. The van der Waals surface area contributed by atoms with E-state index in [1.54, 1.807) is 0 Å². The van der Waals surface area contributed by atoms with Crippen LogP contribution in [0.25, 0.3) is 0 Å². The second kappa shape index (κ2) is 8.78. The van der Waals surface area contributed by atoms with Crippen molar-refractivity contribution in [2.45, 2.75) is 58.0 Å². The normalized spacial score (nSPS) is 19.0. The van der Waals surface area contributed by atoms with Crippen molar-refractivity contribution in [3.63, 3.8) is 0 Å². The highest BCUT2D eigenvalue weighted by atomic mass is 16.5. The molecule has 1 saturated heterocycles. The lowest BCUT2D eigenvalue weighted by molar-refractivity contribution is -0.0626. The minimum Gasteiger partial charge on any atom is -0.389 e. The van der Waals surface area contributed by atoms with Crippen LogP contribution < -0.4 is 0 Å². The molecule has 0 amide bonds. The maximum atomic E-state index is 10.1. The Kier molecular flexibility index (Phi) is 7.03. The zero-order chi connectivity index (χ0) is 16.7. The molecule has 0 saturated carbocycles. The molecule has 130 valence electrons. The van der Waals surface area contributed by atoms with Crippen LogP contribution in [0.1, 0.15) is 39.2 Å². The fourth-order valence-electron chi connectivity index (χ4n) is 2.74. The lowest BCUT2D eigenvalue weighted by Gasteiger charge is -2.33. The summed E-state index contributed by atoms with van der Waals surface area (Å²) in [7, 11) is 0. The molecule has 1 N–H and O–H groups in total. The van der Waals surface area contributed by atoms with Gasteiger partial charge in [0.1, 0.15) is 0 Å². The Labute approximate surface area is 140 Å². The lowest BCUT2D eigenvalue weighted by atomic mass is 10.1. The van der Waals surface area contributed by atoms with Gasteiger partial charge in [-0.3, -0.25) is 0 Å². The molecule has 1 aromatic carbocycles. The maximum Gasteiger partial charge on any atom is 0.0900 e. The van der Waals surface area contributed by atoms with Crippen molar-refractivity contribution >= 4 is 0 Å². The van der Waals surface area contributed by atoms with Crippen molar-refractivity contribution in [2.24, 2.45) is 0 Å². The van der Waals surface area contributed by atoms with E-state index in [-0.39, 0.29) is 5.60 Å². The molecule has 0 aliphatic carbocycles. The van der Waals surface area contributed by atoms with Crippen molar-refractivity contribution in [3.8, 4) is 0 Å². The summed E-state index contributed by atoms with van der Waals surface area (Å²) < 4.78 is 11.6. The maximum absolute atomic E-state index is 10.1. The Morgan fingerprint density at radius 1 is 1.17 bits per heavy atom. The Morgan fingerprint density at radius 3 is 2.43 bits per heavy atom. The van der Waals surface area contributed by atoms with E-state index in [1.807, 2.05) is 39.0 Å². The molecular formula is C19H31NO3. The number of likely N-dealkylation sites (tertiary alicyclic amines) is 1. The molecule has 1 atom stereocenters. The van der Waals surface area contributed by atoms with Crippen LogP contribution in [-0.4, -0.2) is 54.1 Å². The molecule has 2 rings (SSSR count). The van der Waals surface area contributed by atoms with Crippen LogP contribution in [0.3, 0.4) is 0 Å². The molecule has 23 heavy (non-hydrogen) atoms. The third-order valence-corrected chi connectivity index (χ3v) is 4.04. The van der Waals surface area contributed by atoms with Gasteiger partial charge in [0.2, 0.25) is 0 Å². The first-order valence-electron chi connectivity index (χ1n) is 8.62. The largest absolute Gasteiger partial charge is 0.389 e. The number of piperidine rings is 1. The lowest BCUT2D eigenvalue weighted by Crippen LogP contribution is -2.42. The Bertz CT molecular complexity index is 436. The highest BCUT2D eigenvalue weighted by molar-refractivity contribution is 5.13. The number of hydrogen-bond donors (Lipinski definition) is 1. The van der Waals surface area contributed by atoms with E-state index < -0.39 is 6.10 Å². The zero-order valence-electron chi connectivity index (χ0n) is 14.7. The molecule has 1 fully saturated rings. The van der Waals surface area contributed by atoms with Crippen LogP contribution in [0, 0.1) is 0 Å². The van der Waals surface area contributed by atoms with Crippen LogP contribution in [-0.2, 0) is 16.1 Å². The predicted molar refractivity (Wildman–Crippen MR) is 92.4 cm³/mol. The molecule has 0 bridgehead atoms. The van der Waals surface area contributed by atoms with E-state index >= 15 is 0 Å². The second-order valence-electron chi connectivity index (χ2n) is 7.37. The molecule has 0 radical (unpaired) electrons. The average molecular weight is 321 g/mol. The van der Waals surface area contributed by atoms with Gasteiger partial charge < -0.3 is 19.5 Å². The first kappa shape index (κ1) is 18.4. The molecule has 1 unspecified atom stereocenters. The van der Waals surface area contributed by atoms with E-state index in [0.29, 0.717) is 25.9 Å². The van der Waals surface area contributed by atoms with E-state index in [1.165, 1.54) is 5.56 Å². The van der Waals surface area contributed by atoms with Crippen molar-refractivity contribution in [1.29, 1.82) is 0 Å². The molecule has 0 spiro atoms.